The average Bonchev–Trinajstić information content (AvgIpc) is 3.39. The number of hydrogen-bond donors (Lipinski definition) is 0. The minimum absolute atomic E-state index is 0.0974. The third kappa shape index (κ3) is 58.8. The van der Waals surface area contributed by atoms with Gasteiger partial charge in [-0.05, 0) is 128 Å². The van der Waals surface area contributed by atoms with Crippen LogP contribution in [0.1, 0.15) is 278 Å². The number of unbranched alkanes of at least 4 members (excludes halogenated alkanes) is 25. The summed E-state index contributed by atoms with van der Waals surface area (Å²) in [5.74, 6) is -0.937. The van der Waals surface area contributed by atoms with Crippen LogP contribution in [0.2, 0.25) is 0 Å². The van der Waals surface area contributed by atoms with Gasteiger partial charge in [-0.25, -0.2) is 0 Å². The minimum atomic E-state index is -0.804. The monoisotopic (exact) mass is 1010 g/mol. The Morgan fingerprint density at radius 3 is 0.849 bits per heavy atom. The smallest absolute Gasteiger partial charge is 0.306 e. The molecule has 6 nitrogen and oxygen atoms in total. The fourth-order valence-electron chi connectivity index (χ4n) is 8.18. The number of allylic oxidation sites excluding steroid dienone is 18. The molecule has 0 aromatic rings. The Balaban J connectivity index is 4.48. The molecule has 0 heterocycles. The van der Waals surface area contributed by atoms with E-state index in [2.05, 4.69) is 130 Å². The van der Waals surface area contributed by atoms with E-state index in [0.717, 1.165) is 116 Å². The summed E-state index contributed by atoms with van der Waals surface area (Å²) in [7, 11) is 0. The Morgan fingerprint density at radius 2 is 0.534 bits per heavy atom. The van der Waals surface area contributed by atoms with Gasteiger partial charge in [-0.1, -0.05) is 239 Å². The molecule has 0 unspecified atom stereocenters. The van der Waals surface area contributed by atoms with Gasteiger partial charge in [-0.2, -0.15) is 0 Å². The van der Waals surface area contributed by atoms with Crippen molar-refractivity contribution in [3.05, 3.63) is 109 Å². The number of carbonyl (C=O) groups excluding carboxylic acids is 3. The van der Waals surface area contributed by atoms with Crippen LogP contribution >= 0.6 is 0 Å². The first-order valence-corrected chi connectivity index (χ1v) is 30.4. The number of esters is 3. The maximum atomic E-state index is 12.9. The van der Waals surface area contributed by atoms with Crippen molar-refractivity contribution < 1.29 is 28.6 Å². The quantitative estimate of drug-likeness (QED) is 0.0261. The predicted octanol–water partition coefficient (Wildman–Crippen LogP) is 20.7. The summed E-state index contributed by atoms with van der Waals surface area (Å²) in [5, 5.41) is 0. The van der Waals surface area contributed by atoms with Crippen LogP contribution in [-0.2, 0) is 28.6 Å². The predicted molar refractivity (Wildman–Crippen MR) is 316 cm³/mol. The topological polar surface area (TPSA) is 78.9 Å². The highest BCUT2D eigenvalue weighted by Crippen LogP contribution is 2.15. The zero-order chi connectivity index (χ0) is 52.9. The molecule has 416 valence electrons. The summed E-state index contributed by atoms with van der Waals surface area (Å²) >= 11 is 0. The van der Waals surface area contributed by atoms with E-state index >= 15 is 0 Å². The first-order valence-electron chi connectivity index (χ1n) is 30.4. The molecule has 0 aliphatic carbocycles. The molecular formula is C67H112O6. The molecule has 0 saturated heterocycles. The number of ether oxygens (including phenoxy) is 3. The summed E-state index contributed by atoms with van der Waals surface area (Å²) in [6, 6.07) is 0. The Labute approximate surface area is 450 Å². The van der Waals surface area contributed by atoms with Gasteiger partial charge in [0.1, 0.15) is 13.2 Å². The zero-order valence-electron chi connectivity index (χ0n) is 47.6. The molecule has 1 atom stereocenters. The van der Waals surface area contributed by atoms with Gasteiger partial charge < -0.3 is 14.2 Å². The molecule has 0 saturated carbocycles. The highest BCUT2D eigenvalue weighted by molar-refractivity contribution is 5.71. The van der Waals surface area contributed by atoms with Crippen LogP contribution in [0.15, 0.2) is 109 Å². The van der Waals surface area contributed by atoms with Crippen molar-refractivity contribution in [2.45, 2.75) is 284 Å². The molecule has 6 heteroatoms. The van der Waals surface area contributed by atoms with E-state index in [0.29, 0.717) is 12.8 Å². The molecule has 0 N–H and O–H groups in total. The lowest BCUT2D eigenvalue weighted by Crippen LogP contribution is -2.30. The minimum Gasteiger partial charge on any atom is -0.462 e. The highest BCUT2D eigenvalue weighted by atomic mass is 16.6. The van der Waals surface area contributed by atoms with Crippen molar-refractivity contribution >= 4 is 17.9 Å². The number of rotatable bonds is 54. The lowest BCUT2D eigenvalue weighted by Gasteiger charge is -2.18. The normalized spacial score (nSPS) is 12.9. The fraction of sp³-hybridized carbons (Fsp3) is 0.687. The Bertz CT molecular complexity index is 1490. The second-order valence-electron chi connectivity index (χ2n) is 19.9. The molecule has 0 amide bonds. The van der Waals surface area contributed by atoms with Crippen molar-refractivity contribution in [2.24, 2.45) is 0 Å². The van der Waals surface area contributed by atoms with E-state index in [-0.39, 0.29) is 37.5 Å². The maximum absolute atomic E-state index is 12.9. The molecule has 0 bridgehead atoms. The van der Waals surface area contributed by atoms with Crippen molar-refractivity contribution in [3.63, 3.8) is 0 Å². The Hall–Kier alpha value is -3.93. The van der Waals surface area contributed by atoms with Gasteiger partial charge in [0.15, 0.2) is 6.10 Å². The van der Waals surface area contributed by atoms with Crippen LogP contribution in [0, 0.1) is 0 Å². The van der Waals surface area contributed by atoms with Crippen LogP contribution in [0.5, 0.6) is 0 Å². The molecular weight excluding hydrogens is 901 g/mol. The zero-order valence-corrected chi connectivity index (χ0v) is 47.6. The molecule has 0 aliphatic rings. The van der Waals surface area contributed by atoms with Gasteiger partial charge in [0, 0.05) is 19.3 Å². The summed E-state index contributed by atoms with van der Waals surface area (Å²) in [6.45, 7) is 6.45. The van der Waals surface area contributed by atoms with Crippen LogP contribution in [0.3, 0.4) is 0 Å². The molecule has 0 spiro atoms. The van der Waals surface area contributed by atoms with Gasteiger partial charge in [-0.15, -0.1) is 0 Å². The lowest BCUT2D eigenvalue weighted by atomic mass is 10.1. The van der Waals surface area contributed by atoms with Crippen LogP contribution in [-0.4, -0.2) is 37.2 Å². The standard InChI is InChI=1S/C67H112O6/c1-4-7-10-13-16-19-22-25-28-31-33-36-39-42-45-48-51-54-57-60-66(69)72-63-64(62-71-65(68)59-56-53-50-47-44-41-38-35-30-27-24-21-18-15-12-9-6-3)73-67(70)61-58-55-52-49-46-43-40-37-34-32-29-26-23-20-17-14-11-8-5-2/h8,11,16-21,25-30,34,37,43,46,64H,4-7,9-10,12-15,22-24,31-33,35-36,38-42,44-45,47-63H2,1-3H3/b11-8-,19-16-,20-17-,21-18-,28-25-,29-26-,30-27-,37-34-,46-43-/t64-/m0/s1. The molecule has 0 rings (SSSR count). The molecule has 0 aromatic carbocycles. The highest BCUT2D eigenvalue weighted by Gasteiger charge is 2.19. The molecule has 0 fully saturated rings. The van der Waals surface area contributed by atoms with Crippen molar-refractivity contribution in [3.8, 4) is 0 Å². The van der Waals surface area contributed by atoms with Crippen LogP contribution in [0.4, 0.5) is 0 Å². The van der Waals surface area contributed by atoms with E-state index in [1.165, 1.54) is 122 Å². The summed E-state index contributed by atoms with van der Waals surface area (Å²) in [6.07, 6.45) is 82.2. The van der Waals surface area contributed by atoms with Gasteiger partial charge in [0.2, 0.25) is 0 Å². The number of hydrogen-bond acceptors (Lipinski definition) is 6. The fourth-order valence-corrected chi connectivity index (χ4v) is 8.18. The Kier molecular flexibility index (Phi) is 57.4. The second kappa shape index (κ2) is 60.6. The summed E-state index contributed by atoms with van der Waals surface area (Å²) in [4.78, 5) is 38.3. The second-order valence-corrected chi connectivity index (χ2v) is 19.9. The molecule has 0 aliphatic heterocycles. The molecule has 73 heavy (non-hydrogen) atoms. The third-order valence-electron chi connectivity index (χ3n) is 12.7. The first kappa shape index (κ1) is 69.1. The van der Waals surface area contributed by atoms with Gasteiger partial charge in [0.05, 0.1) is 0 Å². The van der Waals surface area contributed by atoms with Gasteiger partial charge in [0.25, 0.3) is 0 Å². The van der Waals surface area contributed by atoms with E-state index in [9.17, 15) is 14.4 Å². The number of carbonyl (C=O) groups is 3. The van der Waals surface area contributed by atoms with E-state index in [1.54, 1.807) is 0 Å². The van der Waals surface area contributed by atoms with Crippen molar-refractivity contribution in [1.82, 2.24) is 0 Å². The SMILES string of the molecule is CC/C=C\C/C=C\C/C=C\C/C=C\C/C=C\CCCCCC(=O)O[C@@H](COC(=O)CCCCCCCCC/C=C\C/C=C\CCCCC)COC(=O)CCCCCCCCCCC/C=C\C/C=C\CCCCC. The van der Waals surface area contributed by atoms with E-state index in [1.807, 2.05) is 0 Å². The lowest BCUT2D eigenvalue weighted by molar-refractivity contribution is -0.167. The van der Waals surface area contributed by atoms with E-state index in [4.69, 9.17) is 14.2 Å². The summed E-state index contributed by atoms with van der Waals surface area (Å²) in [5.41, 5.74) is 0. The molecule has 0 radical (unpaired) electrons. The largest absolute Gasteiger partial charge is 0.462 e. The van der Waals surface area contributed by atoms with E-state index < -0.39 is 6.10 Å². The van der Waals surface area contributed by atoms with Crippen LogP contribution < -0.4 is 0 Å². The average molecular weight is 1010 g/mol. The third-order valence-corrected chi connectivity index (χ3v) is 12.7. The maximum Gasteiger partial charge on any atom is 0.306 e. The van der Waals surface area contributed by atoms with Crippen LogP contribution in [0.25, 0.3) is 0 Å². The van der Waals surface area contributed by atoms with Crippen molar-refractivity contribution in [1.29, 1.82) is 0 Å². The summed E-state index contributed by atoms with van der Waals surface area (Å²) < 4.78 is 16.9. The Morgan fingerprint density at radius 1 is 0.288 bits per heavy atom. The van der Waals surface area contributed by atoms with Gasteiger partial charge in [-0.3, -0.25) is 14.4 Å². The first-order chi connectivity index (χ1) is 36.0. The molecule has 0 aromatic heterocycles. The van der Waals surface area contributed by atoms with Gasteiger partial charge >= 0.3 is 17.9 Å². The van der Waals surface area contributed by atoms with Crippen molar-refractivity contribution in [2.75, 3.05) is 13.2 Å².